The minimum atomic E-state index is -0.225. The molecular weight excluding hydrogens is 243 g/mol. The molecule has 2 aromatic rings. The van der Waals surface area contributed by atoms with E-state index in [9.17, 15) is 4.39 Å². The topological polar surface area (TPSA) is 49.8 Å². The first-order chi connectivity index (χ1) is 9.28. The van der Waals surface area contributed by atoms with Gasteiger partial charge in [-0.25, -0.2) is 14.4 Å². The van der Waals surface area contributed by atoms with E-state index in [2.05, 4.69) is 20.6 Å². The molecule has 0 aliphatic rings. The Bertz CT molecular complexity index is 530. The van der Waals surface area contributed by atoms with Crippen molar-refractivity contribution in [3.63, 3.8) is 0 Å². The Morgan fingerprint density at radius 3 is 2.95 bits per heavy atom. The molecule has 100 valence electrons. The molecule has 1 aromatic carbocycles. The maximum Gasteiger partial charge on any atom is 0.131 e. The van der Waals surface area contributed by atoms with Crippen LogP contribution in [0.2, 0.25) is 0 Å². The standard InChI is InChI=1S/C14H17FN4/c1-16-7-5-13-17-8-6-14(19-13)18-10-11-3-2-4-12(15)9-11/h2-4,6,8-9,16H,5,7,10H2,1H3,(H,17,18,19). The molecule has 0 unspecified atom stereocenters. The lowest BCUT2D eigenvalue weighted by atomic mass is 10.2. The van der Waals surface area contributed by atoms with Gasteiger partial charge in [-0.2, -0.15) is 0 Å². The molecule has 0 saturated carbocycles. The predicted molar refractivity (Wildman–Crippen MR) is 73.4 cm³/mol. The zero-order valence-electron chi connectivity index (χ0n) is 10.9. The van der Waals surface area contributed by atoms with Crippen LogP contribution in [-0.2, 0) is 13.0 Å². The highest BCUT2D eigenvalue weighted by molar-refractivity contribution is 5.34. The Balaban J connectivity index is 1.95. The smallest absolute Gasteiger partial charge is 0.131 e. The third kappa shape index (κ3) is 4.30. The van der Waals surface area contributed by atoms with Crippen molar-refractivity contribution in [2.45, 2.75) is 13.0 Å². The van der Waals surface area contributed by atoms with Crippen molar-refractivity contribution in [1.82, 2.24) is 15.3 Å². The highest BCUT2D eigenvalue weighted by atomic mass is 19.1. The number of aromatic nitrogens is 2. The molecule has 0 atom stereocenters. The summed E-state index contributed by atoms with van der Waals surface area (Å²) >= 11 is 0. The highest BCUT2D eigenvalue weighted by Gasteiger charge is 2.00. The van der Waals surface area contributed by atoms with Crippen molar-refractivity contribution >= 4 is 5.82 Å². The summed E-state index contributed by atoms with van der Waals surface area (Å²) in [5.41, 5.74) is 0.885. The molecule has 0 aliphatic carbocycles. The second kappa shape index (κ2) is 6.80. The monoisotopic (exact) mass is 260 g/mol. The van der Waals surface area contributed by atoms with E-state index in [-0.39, 0.29) is 5.82 Å². The number of benzene rings is 1. The zero-order chi connectivity index (χ0) is 13.5. The van der Waals surface area contributed by atoms with Crippen LogP contribution in [0.4, 0.5) is 10.2 Å². The number of likely N-dealkylation sites (N-methyl/N-ethyl adjacent to an activating group) is 1. The summed E-state index contributed by atoms with van der Waals surface area (Å²) in [5, 5.41) is 6.22. The number of halogens is 1. The lowest BCUT2D eigenvalue weighted by Crippen LogP contribution is -2.13. The van der Waals surface area contributed by atoms with Gasteiger partial charge in [0.25, 0.3) is 0 Å². The average Bonchev–Trinajstić information content (AvgIpc) is 2.43. The van der Waals surface area contributed by atoms with Crippen molar-refractivity contribution in [3.05, 3.63) is 53.7 Å². The predicted octanol–water partition coefficient (Wildman–Crippen LogP) is 1.99. The van der Waals surface area contributed by atoms with Crippen LogP contribution >= 0.6 is 0 Å². The van der Waals surface area contributed by atoms with Gasteiger partial charge in [0, 0.05) is 25.7 Å². The summed E-state index contributed by atoms with van der Waals surface area (Å²) in [6, 6.07) is 8.33. The fraction of sp³-hybridized carbons (Fsp3) is 0.286. The third-order valence-corrected chi connectivity index (χ3v) is 2.67. The normalized spacial score (nSPS) is 10.4. The number of anilines is 1. The fourth-order valence-corrected chi connectivity index (χ4v) is 1.69. The average molecular weight is 260 g/mol. The molecule has 5 heteroatoms. The van der Waals surface area contributed by atoms with E-state index in [1.807, 2.05) is 19.2 Å². The first kappa shape index (κ1) is 13.4. The van der Waals surface area contributed by atoms with E-state index in [0.717, 1.165) is 30.2 Å². The first-order valence-corrected chi connectivity index (χ1v) is 6.23. The Morgan fingerprint density at radius 2 is 2.16 bits per heavy atom. The summed E-state index contributed by atoms with van der Waals surface area (Å²) in [6.45, 7) is 1.38. The molecule has 0 aliphatic heterocycles. The van der Waals surface area contributed by atoms with Gasteiger partial charge in [-0.05, 0) is 30.8 Å². The number of hydrogen-bond acceptors (Lipinski definition) is 4. The summed E-state index contributed by atoms with van der Waals surface area (Å²) in [4.78, 5) is 8.59. The Kier molecular flexibility index (Phi) is 4.80. The van der Waals surface area contributed by atoms with E-state index >= 15 is 0 Å². The van der Waals surface area contributed by atoms with Gasteiger partial charge < -0.3 is 10.6 Å². The van der Waals surface area contributed by atoms with Gasteiger partial charge in [-0.15, -0.1) is 0 Å². The van der Waals surface area contributed by atoms with E-state index in [4.69, 9.17) is 0 Å². The van der Waals surface area contributed by atoms with Crippen molar-refractivity contribution in [2.75, 3.05) is 18.9 Å². The highest BCUT2D eigenvalue weighted by Crippen LogP contribution is 2.08. The molecule has 0 radical (unpaired) electrons. The van der Waals surface area contributed by atoms with Crippen LogP contribution in [0, 0.1) is 5.82 Å². The molecule has 1 aromatic heterocycles. The van der Waals surface area contributed by atoms with Crippen molar-refractivity contribution in [1.29, 1.82) is 0 Å². The number of hydrogen-bond donors (Lipinski definition) is 2. The molecule has 2 rings (SSSR count). The molecule has 0 bridgehead atoms. The molecule has 0 saturated heterocycles. The van der Waals surface area contributed by atoms with Crippen molar-refractivity contribution in [3.8, 4) is 0 Å². The van der Waals surface area contributed by atoms with Crippen LogP contribution in [-0.4, -0.2) is 23.6 Å². The second-order valence-electron chi connectivity index (χ2n) is 4.20. The molecule has 0 spiro atoms. The van der Waals surface area contributed by atoms with Gasteiger partial charge in [0.2, 0.25) is 0 Å². The summed E-state index contributed by atoms with van der Waals surface area (Å²) in [5.74, 6) is 1.32. The zero-order valence-corrected chi connectivity index (χ0v) is 10.9. The molecule has 0 amide bonds. The van der Waals surface area contributed by atoms with Crippen LogP contribution in [0.3, 0.4) is 0 Å². The largest absolute Gasteiger partial charge is 0.366 e. The Hall–Kier alpha value is -2.01. The SMILES string of the molecule is CNCCc1nccc(NCc2cccc(F)c2)n1. The number of nitrogens with one attached hydrogen (secondary N) is 2. The molecule has 19 heavy (non-hydrogen) atoms. The summed E-state index contributed by atoms with van der Waals surface area (Å²) in [7, 11) is 1.89. The van der Waals surface area contributed by atoms with Crippen LogP contribution in [0.5, 0.6) is 0 Å². The molecular formula is C14H17FN4. The molecule has 2 N–H and O–H groups in total. The lowest BCUT2D eigenvalue weighted by molar-refractivity contribution is 0.626. The van der Waals surface area contributed by atoms with Crippen LogP contribution in [0.1, 0.15) is 11.4 Å². The van der Waals surface area contributed by atoms with Crippen molar-refractivity contribution in [2.24, 2.45) is 0 Å². The minimum absolute atomic E-state index is 0.225. The van der Waals surface area contributed by atoms with E-state index in [0.29, 0.717) is 6.54 Å². The first-order valence-electron chi connectivity index (χ1n) is 6.23. The third-order valence-electron chi connectivity index (χ3n) is 2.67. The summed E-state index contributed by atoms with van der Waals surface area (Å²) in [6.07, 6.45) is 2.51. The van der Waals surface area contributed by atoms with Crippen LogP contribution in [0.25, 0.3) is 0 Å². The summed E-state index contributed by atoms with van der Waals surface area (Å²) < 4.78 is 13.0. The van der Waals surface area contributed by atoms with Gasteiger partial charge in [0.05, 0.1) is 0 Å². The van der Waals surface area contributed by atoms with Crippen molar-refractivity contribution < 1.29 is 4.39 Å². The Morgan fingerprint density at radius 1 is 1.26 bits per heavy atom. The van der Waals surface area contributed by atoms with Crippen LogP contribution < -0.4 is 10.6 Å². The maximum atomic E-state index is 13.0. The maximum absolute atomic E-state index is 13.0. The quantitative estimate of drug-likeness (QED) is 0.834. The van der Waals surface area contributed by atoms with Gasteiger partial charge in [0.15, 0.2) is 0 Å². The molecule has 4 nitrogen and oxygen atoms in total. The fourth-order valence-electron chi connectivity index (χ4n) is 1.69. The van der Waals surface area contributed by atoms with E-state index in [1.54, 1.807) is 12.3 Å². The van der Waals surface area contributed by atoms with E-state index < -0.39 is 0 Å². The van der Waals surface area contributed by atoms with Gasteiger partial charge >= 0.3 is 0 Å². The van der Waals surface area contributed by atoms with Crippen LogP contribution in [0.15, 0.2) is 36.5 Å². The van der Waals surface area contributed by atoms with Gasteiger partial charge in [0.1, 0.15) is 17.5 Å². The second-order valence-corrected chi connectivity index (χ2v) is 4.20. The van der Waals surface area contributed by atoms with Gasteiger partial charge in [-0.1, -0.05) is 12.1 Å². The number of nitrogens with zero attached hydrogens (tertiary/aromatic N) is 2. The molecule has 0 fully saturated rings. The van der Waals surface area contributed by atoms with E-state index in [1.165, 1.54) is 12.1 Å². The molecule has 1 heterocycles. The minimum Gasteiger partial charge on any atom is -0.366 e. The van der Waals surface area contributed by atoms with Gasteiger partial charge in [-0.3, -0.25) is 0 Å². The lowest BCUT2D eigenvalue weighted by Gasteiger charge is -2.07. The Labute approximate surface area is 112 Å². The number of rotatable bonds is 6.